The van der Waals surface area contributed by atoms with Crippen molar-refractivity contribution in [2.24, 2.45) is 22.9 Å². The number of aliphatic hydroxyl groups excluding tert-OH is 2. The molecular weight excluding hydrogens is 913 g/mol. The summed E-state index contributed by atoms with van der Waals surface area (Å²) >= 11 is 1.76. The number of benzene rings is 3. The topological polar surface area (TPSA) is 129 Å². The third-order valence-electron chi connectivity index (χ3n) is 14.4. The molecule has 0 saturated heterocycles. The number of nitrogens with zero attached hydrogens (tertiary/aromatic N) is 2. The van der Waals surface area contributed by atoms with Gasteiger partial charge in [-0.15, -0.1) is 18.3 Å². The Bertz CT molecular complexity index is 2210. The monoisotopic (exact) mass is 995 g/mol. The van der Waals surface area contributed by atoms with Crippen LogP contribution in [0, 0.1) is 17.8 Å². The zero-order valence-corrected chi connectivity index (χ0v) is 43.9. The van der Waals surface area contributed by atoms with Crippen LogP contribution in [0.3, 0.4) is 0 Å². The smallest absolute Gasteiger partial charge is 0.239 e. The Morgan fingerprint density at radius 3 is 2.32 bits per heavy atom. The Labute approximate surface area is 428 Å². The average Bonchev–Trinajstić information content (AvgIpc) is 3.84. The van der Waals surface area contributed by atoms with Crippen LogP contribution in [0.15, 0.2) is 101 Å². The van der Waals surface area contributed by atoms with E-state index in [1.54, 1.807) is 17.8 Å². The van der Waals surface area contributed by atoms with Gasteiger partial charge in [-0.2, -0.15) is 0 Å². The van der Waals surface area contributed by atoms with E-state index in [-0.39, 0.29) is 56.8 Å². The fourth-order valence-corrected chi connectivity index (χ4v) is 11.9. The number of carbonyl (C=O) groups is 1. The predicted octanol–water partition coefficient (Wildman–Crippen LogP) is 13.0. The van der Waals surface area contributed by atoms with Crippen molar-refractivity contribution in [1.82, 2.24) is 4.90 Å². The summed E-state index contributed by atoms with van der Waals surface area (Å²) in [6.07, 6.45) is 20.0. The fraction of sp³-hybridized carbons (Fsp3) is 0.593. The Morgan fingerprint density at radius 2 is 1.59 bits per heavy atom. The van der Waals surface area contributed by atoms with Crippen LogP contribution in [0.25, 0.3) is 0 Å². The van der Waals surface area contributed by atoms with Crippen LogP contribution in [0.4, 0.5) is 0 Å². The lowest BCUT2D eigenvalue weighted by atomic mass is 9.55. The molecule has 2 heterocycles. The summed E-state index contributed by atoms with van der Waals surface area (Å²) in [5.41, 5.74) is 3.15. The van der Waals surface area contributed by atoms with Crippen molar-refractivity contribution in [3.8, 4) is 23.0 Å². The Hall–Kier alpha value is -4.49. The maximum Gasteiger partial charge on any atom is 0.239 e. The van der Waals surface area contributed by atoms with E-state index in [1.165, 1.54) is 43.4 Å². The molecule has 0 spiro atoms. The lowest BCUT2D eigenvalue weighted by molar-refractivity contribution is -0.258. The van der Waals surface area contributed by atoms with Crippen molar-refractivity contribution in [1.29, 1.82) is 0 Å². The maximum atomic E-state index is 15.4. The maximum absolute atomic E-state index is 15.4. The number of thioether (sulfide) groups is 1. The van der Waals surface area contributed by atoms with E-state index in [0.717, 1.165) is 78.9 Å². The SMILES string of the molecule is C=CCO[C@@]12Oc3ccc(OCCSc4ccccc4)cc3[C@H]3[C@H](CCCCO)[C@@H](CCCCO)C=C(C(=NOC(C)(C)C)C[C@@H]1N(Cc1ccc4c(c1)OCO4)C(=O)CCCCCCCCCCC)[C@H]32. The van der Waals surface area contributed by atoms with Crippen molar-refractivity contribution in [3.05, 3.63) is 102 Å². The van der Waals surface area contributed by atoms with Crippen LogP contribution < -0.4 is 18.9 Å². The van der Waals surface area contributed by atoms with Gasteiger partial charge in [-0.3, -0.25) is 4.79 Å². The van der Waals surface area contributed by atoms with Gasteiger partial charge < -0.3 is 43.6 Å². The highest BCUT2D eigenvalue weighted by Crippen LogP contribution is 2.62. The lowest BCUT2D eigenvalue weighted by Crippen LogP contribution is -2.70. The Morgan fingerprint density at radius 1 is 0.873 bits per heavy atom. The second-order valence-electron chi connectivity index (χ2n) is 20.8. The van der Waals surface area contributed by atoms with Gasteiger partial charge in [0.25, 0.3) is 0 Å². The molecule has 1 saturated carbocycles. The van der Waals surface area contributed by atoms with Gasteiger partial charge in [0.15, 0.2) is 11.5 Å². The van der Waals surface area contributed by atoms with Crippen LogP contribution in [0.2, 0.25) is 0 Å². The molecule has 3 aromatic rings. The van der Waals surface area contributed by atoms with E-state index in [4.69, 9.17) is 33.7 Å². The standard InChI is InChI=1S/C59H82N2O9S/c1-6-8-9-10-11-12-13-14-18-27-55(64)61(41-43-28-30-52-53(37-43)67-42-66-52)54-40-50(60-70-58(3,4)5)48-38-44(23-19-21-32-62)47(26-20-22-33-63)56-49-39-45(65-35-36-71-46-24-16-15-17-25-46)29-31-51(49)69-59(54,57(48)56)68-34-7-2/h7,15-17,24-25,28-31,37-39,44,47,54,56-57,62-63H,2,6,8-14,18-23,26-27,32-36,40-42H2,1,3-5H3/t44-,47+,54-,56+,57+,59+/m0/s1. The van der Waals surface area contributed by atoms with Gasteiger partial charge >= 0.3 is 0 Å². The second-order valence-corrected chi connectivity index (χ2v) is 21.9. The molecule has 7 rings (SSSR count). The van der Waals surface area contributed by atoms with Crippen molar-refractivity contribution in [2.75, 3.05) is 39.0 Å². The van der Waals surface area contributed by atoms with Gasteiger partial charge in [-0.25, -0.2) is 0 Å². The van der Waals surface area contributed by atoms with E-state index in [0.29, 0.717) is 49.5 Å². The van der Waals surface area contributed by atoms with Gasteiger partial charge in [-0.1, -0.05) is 113 Å². The number of hydrogen-bond acceptors (Lipinski definition) is 11. The molecule has 12 heteroatoms. The van der Waals surface area contributed by atoms with E-state index in [9.17, 15) is 10.2 Å². The molecule has 4 aliphatic rings. The number of fused-ring (bicyclic) bond motifs is 3. The summed E-state index contributed by atoms with van der Waals surface area (Å²) in [6.45, 7) is 13.8. The van der Waals surface area contributed by atoms with Gasteiger partial charge in [-0.05, 0) is 118 Å². The number of unbranched alkanes of at least 4 members (excludes halogenated alkanes) is 10. The van der Waals surface area contributed by atoms with Crippen LogP contribution in [-0.4, -0.2) is 83.1 Å². The Balaban J connectivity index is 1.34. The highest BCUT2D eigenvalue weighted by atomic mass is 32.2. The molecule has 1 amide bonds. The quantitative estimate of drug-likeness (QED) is 0.0288. The first kappa shape index (κ1) is 54.3. The first-order chi connectivity index (χ1) is 34.6. The second kappa shape index (κ2) is 27.0. The number of carbonyl (C=O) groups excluding carboxylic acids is 1. The number of amides is 1. The molecule has 71 heavy (non-hydrogen) atoms. The summed E-state index contributed by atoms with van der Waals surface area (Å²) < 4.78 is 33.0. The molecule has 0 radical (unpaired) electrons. The molecule has 1 fully saturated rings. The highest BCUT2D eigenvalue weighted by Gasteiger charge is 2.65. The first-order valence-corrected chi connectivity index (χ1v) is 27.8. The minimum atomic E-state index is -1.37. The van der Waals surface area contributed by atoms with E-state index in [2.05, 4.69) is 49.9 Å². The number of allylic oxidation sites excluding steroid dienone is 1. The molecule has 2 aliphatic carbocycles. The number of oxime groups is 1. The lowest BCUT2D eigenvalue weighted by Gasteiger charge is -2.60. The molecule has 2 N–H and O–H groups in total. The highest BCUT2D eigenvalue weighted by molar-refractivity contribution is 7.99. The minimum absolute atomic E-state index is 0.0287. The van der Waals surface area contributed by atoms with Gasteiger partial charge in [0, 0.05) is 54.7 Å². The first-order valence-electron chi connectivity index (χ1n) is 26.8. The Kier molecular flexibility index (Phi) is 20.6. The normalized spacial score (nSPS) is 22.5. The number of rotatable bonds is 30. The molecule has 2 aliphatic heterocycles. The van der Waals surface area contributed by atoms with E-state index in [1.807, 2.05) is 62.1 Å². The third-order valence-corrected chi connectivity index (χ3v) is 15.4. The minimum Gasteiger partial charge on any atom is -0.493 e. The summed E-state index contributed by atoms with van der Waals surface area (Å²) in [6, 6.07) is 21.8. The molecule has 388 valence electrons. The van der Waals surface area contributed by atoms with Gasteiger partial charge in [0.1, 0.15) is 23.1 Å². The summed E-state index contributed by atoms with van der Waals surface area (Å²) in [5.74, 6) is 1.87. The molecule has 0 unspecified atom stereocenters. The molecule has 6 atom stereocenters. The summed E-state index contributed by atoms with van der Waals surface area (Å²) in [4.78, 5) is 25.0. The van der Waals surface area contributed by atoms with E-state index < -0.39 is 23.3 Å². The summed E-state index contributed by atoms with van der Waals surface area (Å²) in [7, 11) is 0. The van der Waals surface area contributed by atoms with Crippen molar-refractivity contribution in [3.63, 3.8) is 0 Å². The molecule has 0 aromatic heterocycles. The molecular formula is C59H82N2O9S. The number of hydrogen-bond donors (Lipinski definition) is 2. The molecule has 11 nitrogen and oxygen atoms in total. The predicted molar refractivity (Wildman–Crippen MR) is 283 cm³/mol. The molecule has 3 aromatic carbocycles. The zero-order chi connectivity index (χ0) is 50.1. The van der Waals surface area contributed by atoms with Crippen molar-refractivity contribution in [2.45, 2.75) is 172 Å². The number of aliphatic hydroxyl groups is 2. The number of ether oxygens (including phenoxy) is 5. The van der Waals surface area contributed by atoms with Crippen molar-refractivity contribution < 1.29 is 43.5 Å². The van der Waals surface area contributed by atoms with Crippen LogP contribution >= 0.6 is 11.8 Å². The molecule has 0 bridgehead atoms. The zero-order valence-electron chi connectivity index (χ0n) is 43.1. The average molecular weight is 995 g/mol. The van der Waals surface area contributed by atoms with Crippen LogP contribution in [0.5, 0.6) is 23.0 Å². The van der Waals surface area contributed by atoms with Crippen LogP contribution in [-0.2, 0) is 20.9 Å². The third kappa shape index (κ3) is 14.4. The fourth-order valence-electron chi connectivity index (χ4n) is 11.1. The largest absolute Gasteiger partial charge is 0.493 e. The van der Waals surface area contributed by atoms with E-state index >= 15 is 4.79 Å². The summed E-state index contributed by atoms with van der Waals surface area (Å²) in [5, 5.41) is 25.2. The van der Waals surface area contributed by atoms with Gasteiger partial charge in [0.05, 0.1) is 24.8 Å². The van der Waals surface area contributed by atoms with Gasteiger partial charge in [0.2, 0.25) is 18.5 Å². The van der Waals surface area contributed by atoms with Crippen LogP contribution in [0.1, 0.15) is 154 Å². The van der Waals surface area contributed by atoms with Crippen molar-refractivity contribution >= 4 is 23.4 Å².